The number of amides is 1. The summed E-state index contributed by atoms with van der Waals surface area (Å²) < 4.78 is 1.55. The molecule has 5 nitrogen and oxygen atoms in total. The Balaban J connectivity index is 2.23. The largest absolute Gasteiger partial charge is 0.338 e. The molecular formula is C14H21N3O2. The van der Waals surface area contributed by atoms with Crippen LogP contribution in [0.1, 0.15) is 24.9 Å². The van der Waals surface area contributed by atoms with Crippen LogP contribution in [-0.2, 0) is 4.79 Å². The molecule has 1 N–H and O–H groups in total. The molecule has 1 fully saturated rings. The van der Waals surface area contributed by atoms with Crippen molar-refractivity contribution < 1.29 is 4.79 Å². The van der Waals surface area contributed by atoms with E-state index in [1.165, 1.54) is 0 Å². The predicted molar refractivity (Wildman–Crippen MR) is 74.2 cm³/mol. The van der Waals surface area contributed by atoms with Crippen LogP contribution in [0.25, 0.3) is 0 Å². The second-order valence-electron chi connectivity index (χ2n) is 4.95. The van der Waals surface area contributed by atoms with Crippen LogP contribution in [-0.4, -0.2) is 41.6 Å². The third-order valence-corrected chi connectivity index (χ3v) is 3.54. The molecule has 1 saturated heterocycles. The highest BCUT2D eigenvalue weighted by Crippen LogP contribution is 2.13. The maximum Gasteiger partial charge on any atom is 0.251 e. The van der Waals surface area contributed by atoms with Crippen LogP contribution in [0.4, 0.5) is 0 Å². The van der Waals surface area contributed by atoms with Crippen LogP contribution in [0.5, 0.6) is 0 Å². The normalized spacial score (nSPS) is 17.3. The summed E-state index contributed by atoms with van der Waals surface area (Å²) in [5.41, 5.74) is 0.820. The van der Waals surface area contributed by atoms with Crippen molar-refractivity contribution in [3.63, 3.8) is 0 Å². The molecule has 2 rings (SSSR count). The Labute approximate surface area is 113 Å². The summed E-state index contributed by atoms with van der Waals surface area (Å²) >= 11 is 0. The SMILES string of the molecule is CCC(C(=O)N1CCNCC1)n1ccc(C)cc1=O. The number of aryl methyl sites for hydroxylation is 1. The van der Waals surface area contributed by atoms with Gasteiger partial charge in [0.1, 0.15) is 6.04 Å². The molecule has 0 aliphatic carbocycles. The van der Waals surface area contributed by atoms with E-state index in [0.717, 1.165) is 31.7 Å². The van der Waals surface area contributed by atoms with Gasteiger partial charge in [0.25, 0.3) is 5.56 Å². The summed E-state index contributed by atoms with van der Waals surface area (Å²) in [7, 11) is 0. The fourth-order valence-electron chi connectivity index (χ4n) is 2.43. The second-order valence-corrected chi connectivity index (χ2v) is 4.95. The quantitative estimate of drug-likeness (QED) is 0.866. The monoisotopic (exact) mass is 263 g/mol. The molecule has 5 heteroatoms. The van der Waals surface area contributed by atoms with Gasteiger partial charge < -0.3 is 14.8 Å². The fourth-order valence-corrected chi connectivity index (χ4v) is 2.43. The third kappa shape index (κ3) is 3.04. The Bertz CT molecular complexity index is 504. The van der Waals surface area contributed by atoms with Gasteiger partial charge in [-0.2, -0.15) is 0 Å². The smallest absolute Gasteiger partial charge is 0.251 e. The first kappa shape index (κ1) is 13.8. The number of piperazine rings is 1. The summed E-state index contributed by atoms with van der Waals surface area (Å²) in [6, 6.07) is 3.06. The predicted octanol–water partition coefficient (Wildman–Crippen LogP) is 0.540. The van der Waals surface area contributed by atoms with Crippen molar-refractivity contribution in [1.29, 1.82) is 0 Å². The van der Waals surface area contributed by atoms with Gasteiger partial charge in [-0.05, 0) is 25.0 Å². The Kier molecular flexibility index (Phi) is 4.37. The lowest BCUT2D eigenvalue weighted by Crippen LogP contribution is -2.49. The number of carbonyl (C=O) groups is 1. The van der Waals surface area contributed by atoms with Gasteiger partial charge in [0.15, 0.2) is 0 Å². The number of nitrogens with one attached hydrogen (secondary N) is 1. The molecular weight excluding hydrogens is 242 g/mol. The number of hydrogen-bond acceptors (Lipinski definition) is 3. The van der Waals surface area contributed by atoms with Crippen molar-refractivity contribution in [2.45, 2.75) is 26.3 Å². The zero-order chi connectivity index (χ0) is 13.8. The third-order valence-electron chi connectivity index (χ3n) is 3.54. The summed E-state index contributed by atoms with van der Waals surface area (Å²) in [4.78, 5) is 26.4. The van der Waals surface area contributed by atoms with Gasteiger partial charge in [-0.15, -0.1) is 0 Å². The average molecular weight is 263 g/mol. The standard InChI is InChI=1S/C14H21N3O2/c1-3-12(14(19)16-8-5-15-6-9-16)17-7-4-11(2)10-13(17)18/h4,7,10,12,15H,3,5-6,8-9H2,1-2H3. The minimum absolute atomic E-state index is 0.0509. The summed E-state index contributed by atoms with van der Waals surface area (Å²) in [6.07, 6.45) is 2.36. The zero-order valence-electron chi connectivity index (χ0n) is 11.6. The Morgan fingerprint density at radius 2 is 2.11 bits per heavy atom. The van der Waals surface area contributed by atoms with E-state index in [9.17, 15) is 9.59 Å². The summed E-state index contributed by atoms with van der Waals surface area (Å²) in [5, 5.41) is 3.22. The topological polar surface area (TPSA) is 54.3 Å². The molecule has 1 aliphatic heterocycles. The van der Waals surface area contributed by atoms with Gasteiger partial charge in [-0.1, -0.05) is 6.92 Å². The van der Waals surface area contributed by atoms with Gasteiger partial charge in [0.05, 0.1) is 0 Å². The van der Waals surface area contributed by atoms with Crippen molar-refractivity contribution in [2.75, 3.05) is 26.2 Å². The van der Waals surface area contributed by atoms with Crippen LogP contribution in [0.3, 0.4) is 0 Å². The molecule has 1 aromatic rings. The van der Waals surface area contributed by atoms with Gasteiger partial charge >= 0.3 is 0 Å². The molecule has 0 aromatic carbocycles. The Hall–Kier alpha value is -1.62. The van der Waals surface area contributed by atoms with Crippen LogP contribution in [0.2, 0.25) is 0 Å². The maximum absolute atomic E-state index is 12.5. The van der Waals surface area contributed by atoms with Crippen molar-refractivity contribution >= 4 is 5.91 Å². The van der Waals surface area contributed by atoms with Crippen LogP contribution < -0.4 is 10.9 Å². The summed E-state index contributed by atoms with van der Waals surface area (Å²) in [5.74, 6) is 0.0509. The molecule has 1 unspecified atom stereocenters. The molecule has 0 bridgehead atoms. The van der Waals surface area contributed by atoms with E-state index in [2.05, 4.69) is 5.32 Å². The number of nitrogens with zero attached hydrogens (tertiary/aromatic N) is 2. The van der Waals surface area contributed by atoms with E-state index in [4.69, 9.17) is 0 Å². The lowest BCUT2D eigenvalue weighted by Gasteiger charge is -2.31. The van der Waals surface area contributed by atoms with E-state index in [1.54, 1.807) is 16.8 Å². The van der Waals surface area contributed by atoms with Crippen molar-refractivity contribution in [1.82, 2.24) is 14.8 Å². The number of aromatic nitrogens is 1. The van der Waals surface area contributed by atoms with E-state index in [1.807, 2.05) is 24.8 Å². The van der Waals surface area contributed by atoms with E-state index >= 15 is 0 Å². The maximum atomic E-state index is 12.5. The number of rotatable bonds is 3. The molecule has 2 heterocycles. The van der Waals surface area contributed by atoms with E-state index in [0.29, 0.717) is 6.42 Å². The van der Waals surface area contributed by atoms with Gasteiger partial charge in [-0.25, -0.2) is 0 Å². The lowest BCUT2D eigenvalue weighted by molar-refractivity contribution is -0.135. The van der Waals surface area contributed by atoms with Crippen molar-refractivity contribution in [3.05, 3.63) is 34.2 Å². The minimum atomic E-state index is -0.383. The second kappa shape index (κ2) is 6.02. The minimum Gasteiger partial charge on any atom is -0.338 e. The van der Waals surface area contributed by atoms with E-state index in [-0.39, 0.29) is 17.5 Å². The van der Waals surface area contributed by atoms with Crippen molar-refractivity contribution in [2.24, 2.45) is 0 Å². The lowest BCUT2D eigenvalue weighted by atomic mass is 10.1. The molecule has 1 amide bonds. The fraction of sp³-hybridized carbons (Fsp3) is 0.571. The molecule has 0 spiro atoms. The van der Waals surface area contributed by atoms with E-state index < -0.39 is 0 Å². The molecule has 19 heavy (non-hydrogen) atoms. The molecule has 0 saturated carbocycles. The highest BCUT2D eigenvalue weighted by Gasteiger charge is 2.25. The van der Waals surface area contributed by atoms with Gasteiger partial charge in [0, 0.05) is 38.4 Å². The number of carbonyl (C=O) groups excluding carboxylic acids is 1. The highest BCUT2D eigenvalue weighted by atomic mass is 16.2. The van der Waals surface area contributed by atoms with Crippen LogP contribution >= 0.6 is 0 Å². The van der Waals surface area contributed by atoms with Gasteiger partial charge in [0.2, 0.25) is 5.91 Å². The molecule has 1 atom stereocenters. The van der Waals surface area contributed by atoms with Crippen LogP contribution in [0.15, 0.2) is 23.1 Å². The average Bonchev–Trinajstić information content (AvgIpc) is 2.42. The number of hydrogen-bond donors (Lipinski definition) is 1. The highest BCUT2D eigenvalue weighted by molar-refractivity contribution is 5.80. The molecule has 0 radical (unpaired) electrons. The molecule has 1 aliphatic rings. The van der Waals surface area contributed by atoms with Gasteiger partial charge in [-0.3, -0.25) is 9.59 Å². The Morgan fingerprint density at radius 1 is 1.42 bits per heavy atom. The summed E-state index contributed by atoms with van der Waals surface area (Å²) in [6.45, 7) is 6.91. The van der Waals surface area contributed by atoms with Crippen molar-refractivity contribution in [3.8, 4) is 0 Å². The molecule has 1 aromatic heterocycles. The number of pyridine rings is 1. The molecule has 104 valence electrons. The Morgan fingerprint density at radius 3 is 2.68 bits per heavy atom. The van der Waals surface area contributed by atoms with Crippen LogP contribution in [0, 0.1) is 6.92 Å². The first-order valence-electron chi connectivity index (χ1n) is 6.81. The first-order valence-corrected chi connectivity index (χ1v) is 6.81. The first-order chi connectivity index (χ1) is 9.13. The zero-order valence-corrected chi connectivity index (χ0v) is 11.6.